The molecule has 0 aliphatic heterocycles. The molecule has 20 heavy (non-hydrogen) atoms. The normalized spacial score (nSPS) is 12.5. The van der Waals surface area contributed by atoms with E-state index in [2.05, 4.69) is 74.0 Å². The minimum atomic E-state index is 0.0507. The predicted octanol–water partition coefficient (Wildman–Crippen LogP) is 4.93. The lowest BCUT2D eigenvalue weighted by molar-refractivity contribution is 0.708. The average molecular weight is 332 g/mol. The lowest BCUT2D eigenvalue weighted by Gasteiger charge is -2.21. The zero-order chi connectivity index (χ0) is 14.9. The van der Waals surface area contributed by atoms with Crippen LogP contribution >= 0.6 is 15.9 Å². The van der Waals surface area contributed by atoms with Crippen LogP contribution in [0, 0.1) is 27.7 Å². The zero-order valence-electron chi connectivity index (χ0n) is 12.6. The topological polar surface area (TPSA) is 26.0 Å². The quantitative estimate of drug-likeness (QED) is 0.848. The van der Waals surface area contributed by atoms with Crippen LogP contribution in [0.4, 0.5) is 0 Å². The SMILES string of the molecule is Cc1cc(C)c(C)c(C(N)Cc2ccc(Br)cc2)c1C. The number of hydrogen-bond donors (Lipinski definition) is 1. The van der Waals surface area contributed by atoms with E-state index in [1.165, 1.54) is 33.4 Å². The van der Waals surface area contributed by atoms with Gasteiger partial charge in [0, 0.05) is 10.5 Å². The van der Waals surface area contributed by atoms with Gasteiger partial charge >= 0.3 is 0 Å². The predicted molar refractivity (Wildman–Crippen MR) is 90.2 cm³/mol. The van der Waals surface area contributed by atoms with Gasteiger partial charge in [-0.15, -0.1) is 0 Å². The van der Waals surface area contributed by atoms with Gasteiger partial charge in [-0.25, -0.2) is 0 Å². The molecule has 0 saturated heterocycles. The van der Waals surface area contributed by atoms with Gasteiger partial charge in [0.1, 0.15) is 0 Å². The van der Waals surface area contributed by atoms with E-state index in [9.17, 15) is 0 Å². The van der Waals surface area contributed by atoms with Gasteiger partial charge in [0.25, 0.3) is 0 Å². The summed E-state index contributed by atoms with van der Waals surface area (Å²) in [5, 5.41) is 0. The van der Waals surface area contributed by atoms with Gasteiger partial charge in [-0.2, -0.15) is 0 Å². The molecule has 0 saturated carbocycles. The van der Waals surface area contributed by atoms with Crippen LogP contribution < -0.4 is 5.73 Å². The molecule has 2 N–H and O–H groups in total. The van der Waals surface area contributed by atoms with Crippen LogP contribution in [0.15, 0.2) is 34.8 Å². The number of rotatable bonds is 3. The van der Waals surface area contributed by atoms with Crippen molar-refractivity contribution in [2.45, 2.75) is 40.2 Å². The van der Waals surface area contributed by atoms with Crippen molar-refractivity contribution in [2.24, 2.45) is 5.73 Å². The maximum atomic E-state index is 6.49. The minimum Gasteiger partial charge on any atom is -0.324 e. The van der Waals surface area contributed by atoms with Gasteiger partial charge in [0.15, 0.2) is 0 Å². The van der Waals surface area contributed by atoms with Gasteiger partial charge in [0.2, 0.25) is 0 Å². The third-order valence-electron chi connectivity index (χ3n) is 4.16. The van der Waals surface area contributed by atoms with Crippen LogP contribution in [0.5, 0.6) is 0 Å². The molecule has 0 spiro atoms. The highest BCUT2D eigenvalue weighted by Crippen LogP contribution is 2.28. The molecule has 2 aromatic rings. The van der Waals surface area contributed by atoms with Gasteiger partial charge in [-0.3, -0.25) is 0 Å². The summed E-state index contributed by atoms with van der Waals surface area (Å²) in [6, 6.07) is 10.7. The maximum absolute atomic E-state index is 6.49. The summed E-state index contributed by atoms with van der Waals surface area (Å²) in [6.07, 6.45) is 0.873. The first-order chi connectivity index (χ1) is 9.40. The molecule has 0 fully saturated rings. The third-order valence-corrected chi connectivity index (χ3v) is 4.69. The van der Waals surface area contributed by atoms with Crippen LogP contribution in [-0.4, -0.2) is 0 Å². The molecule has 106 valence electrons. The molecule has 2 heteroatoms. The molecule has 2 rings (SSSR count). The monoisotopic (exact) mass is 331 g/mol. The first kappa shape index (κ1) is 15.3. The molecule has 0 aliphatic rings. The van der Waals surface area contributed by atoms with Crippen molar-refractivity contribution in [3.8, 4) is 0 Å². The fraction of sp³-hybridized carbons (Fsp3) is 0.333. The molecular formula is C18H22BrN. The van der Waals surface area contributed by atoms with Crippen LogP contribution in [-0.2, 0) is 6.42 Å². The van der Waals surface area contributed by atoms with Gasteiger partial charge < -0.3 is 5.73 Å². The molecule has 1 unspecified atom stereocenters. The van der Waals surface area contributed by atoms with Crippen molar-refractivity contribution in [3.63, 3.8) is 0 Å². The Balaban J connectivity index is 2.34. The summed E-state index contributed by atoms with van der Waals surface area (Å²) in [6.45, 7) is 8.69. The largest absolute Gasteiger partial charge is 0.324 e. The molecule has 2 aromatic carbocycles. The van der Waals surface area contributed by atoms with E-state index >= 15 is 0 Å². The second-order valence-electron chi connectivity index (χ2n) is 5.61. The minimum absolute atomic E-state index is 0.0507. The number of benzene rings is 2. The Kier molecular flexibility index (Phi) is 4.66. The lowest BCUT2D eigenvalue weighted by Crippen LogP contribution is -2.17. The molecule has 1 atom stereocenters. The Morgan fingerprint density at radius 2 is 1.45 bits per heavy atom. The third kappa shape index (κ3) is 3.13. The van der Waals surface area contributed by atoms with Crippen LogP contribution in [0.1, 0.15) is 39.4 Å². The van der Waals surface area contributed by atoms with Crippen LogP contribution in [0.2, 0.25) is 0 Å². The number of halogens is 1. The molecule has 0 bridgehead atoms. The summed E-state index contributed by atoms with van der Waals surface area (Å²) in [5.41, 5.74) is 14.4. The Morgan fingerprint density at radius 3 is 1.95 bits per heavy atom. The first-order valence-electron chi connectivity index (χ1n) is 6.97. The molecular weight excluding hydrogens is 310 g/mol. The highest BCUT2D eigenvalue weighted by atomic mass is 79.9. The summed E-state index contributed by atoms with van der Waals surface area (Å²) in [4.78, 5) is 0. The lowest BCUT2D eigenvalue weighted by atomic mass is 9.87. The van der Waals surface area contributed by atoms with Crippen molar-refractivity contribution in [2.75, 3.05) is 0 Å². The smallest absolute Gasteiger partial charge is 0.0341 e. The Labute approximate surface area is 130 Å². The molecule has 0 aromatic heterocycles. The van der Waals surface area contributed by atoms with Crippen molar-refractivity contribution in [3.05, 3.63) is 68.2 Å². The molecule has 0 radical (unpaired) electrons. The molecule has 0 aliphatic carbocycles. The number of nitrogens with two attached hydrogens (primary N) is 1. The molecule has 1 nitrogen and oxygen atoms in total. The van der Waals surface area contributed by atoms with E-state index in [1.54, 1.807) is 0 Å². The van der Waals surface area contributed by atoms with Crippen molar-refractivity contribution >= 4 is 15.9 Å². The van der Waals surface area contributed by atoms with Gasteiger partial charge in [-0.05, 0) is 79.6 Å². The van der Waals surface area contributed by atoms with E-state index in [-0.39, 0.29) is 6.04 Å². The second-order valence-corrected chi connectivity index (χ2v) is 6.53. The Morgan fingerprint density at radius 1 is 0.950 bits per heavy atom. The van der Waals surface area contributed by atoms with Gasteiger partial charge in [-0.1, -0.05) is 34.1 Å². The Bertz CT molecular complexity index is 588. The van der Waals surface area contributed by atoms with Crippen molar-refractivity contribution in [1.82, 2.24) is 0 Å². The molecule has 0 amide bonds. The van der Waals surface area contributed by atoms with E-state index < -0.39 is 0 Å². The van der Waals surface area contributed by atoms with Crippen molar-refractivity contribution < 1.29 is 0 Å². The number of aryl methyl sites for hydroxylation is 2. The van der Waals surface area contributed by atoms with Crippen molar-refractivity contribution in [1.29, 1.82) is 0 Å². The number of hydrogen-bond acceptors (Lipinski definition) is 1. The Hall–Kier alpha value is -1.12. The summed E-state index contributed by atoms with van der Waals surface area (Å²) >= 11 is 3.47. The van der Waals surface area contributed by atoms with Crippen LogP contribution in [0.3, 0.4) is 0 Å². The van der Waals surface area contributed by atoms with E-state index in [1.807, 2.05) is 0 Å². The van der Waals surface area contributed by atoms with Gasteiger partial charge in [0.05, 0.1) is 0 Å². The second kappa shape index (κ2) is 6.11. The maximum Gasteiger partial charge on any atom is 0.0341 e. The van der Waals surface area contributed by atoms with E-state index in [4.69, 9.17) is 5.73 Å². The fourth-order valence-electron chi connectivity index (χ4n) is 2.78. The van der Waals surface area contributed by atoms with E-state index in [0.29, 0.717) is 0 Å². The average Bonchev–Trinajstić information content (AvgIpc) is 2.39. The highest BCUT2D eigenvalue weighted by molar-refractivity contribution is 9.10. The van der Waals surface area contributed by atoms with Crippen LogP contribution in [0.25, 0.3) is 0 Å². The zero-order valence-corrected chi connectivity index (χ0v) is 14.2. The summed E-state index contributed by atoms with van der Waals surface area (Å²) in [7, 11) is 0. The molecule has 0 heterocycles. The van der Waals surface area contributed by atoms with E-state index in [0.717, 1.165) is 10.9 Å². The standard InChI is InChI=1S/C18H22BrN/c1-11-9-12(2)14(4)18(13(11)3)17(20)10-15-5-7-16(19)8-6-15/h5-9,17H,10,20H2,1-4H3. The first-order valence-corrected chi connectivity index (χ1v) is 7.76. The summed E-state index contributed by atoms with van der Waals surface area (Å²) < 4.78 is 1.11. The fourth-order valence-corrected chi connectivity index (χ4v) is 3.04. The highest BCUT2D eigenvalue weighted by Gasteiger charge is 2.15. The summed E-state index contributed by atoms with van der Waals surface area (Å²) in [5.74, 6) is 0.